The maximum absolute atomic E-state index is 12.1. The molecule has 0 radical (unpaired) electrons. The predicted molar refractivity (Wildman–Crippen MR) is 74.0 cm³/mol. The molecule has 1 saturated carbocycles. The standard InChI is InChI=1S/C13H17NO6S/c1-18-10-7-11(19-2)12(21(14,16)17)6-9(10)13(15)20-8-4-3-5-8/h6-8H,3-5H2,1-2H3,(H2,14,16,17). The Morgan fingerprint density at radius 1 is 1.19 bits per heavy atom. The van der Waals surface area contributed by atoms with Crippen LogP contribution < -0.4 is 14.6 Å². The highest BCUT2D eigenvalue weighted by atomic mass is 32.2. The van der Waals surface area contributed by atoms with Crippen LogP contribution in [0.4, 0.5) is 0 Å². The Kier molecular flexibility index (Phi) is 4.38. The Balaban J connectivity index is 2.45. The van der Waals surface area contributed by atoms with Gasteiger partial charge in [0.1, 0.15) is 28.1 Å². The molecule has 1 fully saturated rings. The van der Waals surface area contributed by atoms with Gasteiger partial charge in [0.25, 0.3) is 0 Å². The molecule has 7 nitrogen and oxygen atoms in total. The van der Waals surface area contributed by atoms with Crippen LogP contribution in [0.2, 0.25) is 0 Å². The van der Waals surface area contributed by atoms with E-state index in [1.807, 2.05) is 0 Å². The maximum atomic E-state index is 12.1. The molecule has 0 aromatic heterocycles. The number of methoxy groups -OCH3 is 2. The quantitative estimate of drug-likeness (QED) is 0.815. The summed E-state index contributed by atoms with van der Waals surface area (Å²) < 4.78 is 38.5. The van der Waals surface area contributed by atoms with Crippen LogP contribution in [0.25, 0.3) is 0 Å². The number of primary sulfonamides is 1. The summed E-state index contributed by atoms with van der Waals surface area (Å²) in [6, 6.07) is 2.42. The highest BCUT2D eigenvalue weighted by Crippen LogP contribution is 2.33. The summed E-state index contributed by atoms with van der Waals surface area (Å²) in [6.07, 6.45) is 2.51. The summed E-state index contributed by atoms with van der Waals surface area (Å²) in [5, 5.41) is 5.13. The van der Waals surface area contributed by atoms with E-state index in [2.05, 4.69) is 0 Å². The first-order valence-corrected chi connectivity index (χ1v) is 7.91. The van der Waals surface area contributed by atoms with E-state index in [0.717, 1.165) is 25.3 Å². The van der Waals surface area contributed by atoms with E-state index in [4.69, 9.17) is 19.3 Å². The van der Waals surface area contributed by atoms with Crippen LogP contribution in [0.15, 0.2) is 17.0 Å². The van der Waals surface area contributed by atoms with Crippen LogP contribution in [0.1, 0.15) is 29.6 Å². The van der Waals surface area contributed by atoms with Crippen molar-refractivity contribution in [2.24, 2.45) is 5.14 Å². The first-order valence-electron chi connectivity index (χ1n) is 6.36. The molecule has 116 valence electrons. The van der Waals surface area contributed by atoms with Crippen LogP contribution in [0.5, 0.6) is 11.5 Å². The minimum atomic E-state index is -4.03. The molecule has 2 N–H and O–H groups in total. The molecule has 0 spiro atoms. The number of hydrogen-bond acceptors (Lipinski definition) is 6. The van der Waals surface area contributed by atoms with Gasteiger partial charge in [-0.25, -0.2) is 18.4 Å². The van der Waals surface area contributed by atoms with Crippen LogP contribution in [-0.4, -0.2) is 34.7 Å². The Bertz CT molecular complexity index is 651. The van der Waals surface area contributed by atoms with Crippen molar-refractivity contribution < 1.29 is 27.4 Å². The van der Waals surface area contributed by atoms with E-state index in [0.29, 0.717) is 0 Å². The second-order valence-corrected chi connectivity index (χ2v) is 6.24. The lowest BCUT2D eigenvalue weighted by atomic mass is 9.96. The number of rotatable bonds is 5. The van der Waals surface area contributed by atoms with E-state index in [1.54, 1.807) is 0 Å². The van der Waals surface area contributed by atoms with Gasteiger partial charge in [0.15, 0.2) is 0 Å². The lowest BCUT2D eigenvalue weighted by molar-refractivity contribution is 0.00868. The molecule has 1 aliphatic rings. The van der Waals surface area contributed by atoms with Crippen molar-refractivity contribution in [1.29, 1.82) is 0 Å². The predicted octanol–water partition coefficient (Wildman–Crippen LogP) is 1.06. The highest BCUT2D eigenvalue weighted by molar-refractivity contribution is 7.89. The number of nitrogens with two attached hydrogens (primary N) is 1. The van der Waals surface area contributed by atoms with E-state index in [9.17, 15) is 13.2 Å². The number of carbonyl (C=O) groups excluding carboxylic acids is 1. The monoisotopic (exact) mass is 315 g/mol. The third kappa shape index (κ3) is 3.27. The Labute approximate surface area is 123 Å². The van der Waals surface area contributed by atoms with Gasteiger partial charge in [-0.15, -0.1) is 0 Å². The van der Waals surface area contributed by atoms with Gasteiger partial charge in [0.2, 0.25) is 10.0 Å². The van der Waals surface area contributed by atoms with Crippen molar-refractivity contribution in [3.63, 3.8) is 0 Å². The zero-order valence-corrected chi connectivity index (χ0v) is 12.6. The third-order valence-corrected chi connectivity index (χ3v) is 4.27. The molecule has 0 amide bonds. The van der Waals surface area contributed by atoms with Crippen LogP contribution in [-0.2, 0) is 14.8 Å². The molecule has 0 atom stereocenters. The summed E-state index contributed by atoms with van der Waals surface area (Å²) in [5.74, 6) is -0.456. The highest BCUT2D eigenvalue weighted by Gasteiger charge is 2.27. The van der Waals surface area contributed by atoms with E-state index >= 15 is 0 Å². The number of hydrogen-bond donors (Lipinski definition) is 1. The minimum absolute atomic E-state index is 0.00854. The van der Waals surface area contributed by atoms with Crippen molar-refractivity contribution in [2.75, 3.05) is 14.2 Å². The Hall–Kier alpha value is -1.80. The minimum Gasteiger partial charge on any atom is -0.496 e. The molecular formula is C13H17NO6S. The topological polar surface area (TPSA) is 105 Å². The Morgan fingerprint density at radius 2 is 1.81 bits per heavy atom. The number of benzene rings is 1. The van der Waals surface area contributed by atoms with Gasteiger partial charge in [-0.1, -0.05) is 0 Å². The average Bonchev–Trinajstić information content (AvgIpc) is 2.39. The second kappa shape index (κ2) is 5.90. The van der Waals surface area contributed by atoms with Crippen molar-refractivity contribution in [3.8, 4) is 11.5 Å². The number of ether oxygens (including phenoxy) is 3. The fourth-order valence-corrected chi connectivity index (χ4v) is 2.66. The zero-order chi connectivity index (χ0) is 15.6. The number of carbonyl (C=O) groups is 1. The first-order chi connectivity index (χ1) is 9.86. The third-order valence-electron chi connectivity index (χ3n) is 3.34. The molecule has 21 heavy (non-hydrogen) atoms. The second-order valence-electron chi connectivity index (χ2n) is 4.71. The molecule has 8 heteroatoms. The van der Waals surface area contributed by atoms with Crippen LogP contribution in [0.3, 0.4) is 0 Å². The molecule has 2 rings (SSSR count). The first kappa shape index (κ1) is 15.6. The number of esters is 1. The van der Waals surface area contributed by atoms with E-state index < -0.39 is 16.0 Å². The maximum Gasteiger partial charge on any atom is 0.342 e. The molecular weight excluding hydrogens is 298 g/mol. The van der Waals surface area contributed by atoms with Gasteiger partial charge in [-0.05, 0) is 25.3 Å². The normalized spacial score (nSPS) is 15.2. The molecule has 0 aliphatic heterocycles. The fourth-order valence-electron chi connectivity index (χ4n) is 1.96. The molecule has 0 bridgehead atoms. The molecule has 1 aromatic rings. The van der Waals surface area contributed by atoms with Gasteiger partial charge >= 0.3 is 5.97 Å². The molecule has 0 heterocycles. The number of sulfonamides is 1. The van der Waals surface area contributed by atoms with E-state index in [-0.39, 0.29) is 28.1 Å². The van der Waals surface area contributed by atoms with Crippen molar-refractivity contribution in [3.05, 3.63) is 17.7 Å². The lowest BCUT2D eigenvalue weighted by Gasteiger charge is -2.25. The lowest BCUT2D eigenvalue weighted by Crippen LogP contribution is -2.25. The largest absolute Gasteiger partial charge is 0.496 e. The SMILES string of the molecule is COc1cc(OC)c(S(N)(=O)=O)cc1C(=O)OC1CCC1. The molecule has 0 unspecified atom stereocenters. The summed E-state index contributed by atoms with van der Waals surface area (Å²) >= 11 is 0. The van der Waals surface area contributed by atoms with Gasteiger partial charge in [0, 0.05) is 6.07 Å². The van der Waals surface area contributed by atoms with Crippen molar-refractivity contribution >= 4 is 16.0 Å². The summed E-state index contributed by atoms with van der Waals surface area (Å²) in [5.41, 5.74) is 0.00854. The van der Waals surface area contributed by atoms with Crippen molar-refractivity contribution in [2.45, 2.75) is 30.3 Å². The van der Waals surface area contributed by atoms with Crippen LogP contribution in [0, 0.1) is 0 Å². The average molecular weight is 315 g/mol. The molecule has 1 aliphatic carbocycles. The molecule has 0 saturated heterocycles. The summed E-state index contributed by atoms with van der Waals surface area (Å²) in [6.45, 7) is 0. The fraction of sp³-hybridized carbons (Fsp3) is 0.462. The van der Waals surface area contributed by atoms with Crippen molar-refractivity contribution in [1.82, 2.24) is 0 Å². The smallest absolute Gasteiger partial charge is 0.342 e. The van der Waals surface area contributed by atoms with Gasteiger partial charge in [-0.2, -0.15) is 0 Å². The van der Waals surface area contributed by atoms with Gasteiger partial charge in [0.05, 0.1) is 14.2 Å². The van der Waals surface area contributed by atoms with E-state index in [1.165, 1.54) is 20.3 Å². The zero-order valence-electron chi connectivity index (χ0n) is 11.8. The van der Waals surface area contributed by atoms with Gasteiger partial charge in [-0.3, -0.25) is 0 Å². The Morgan fingerprint density at radius 3 is 2.24 bits per heavy atom. The molecule has 1 aromatic carbocycles. The summed E-state index contributed by atoms with van der Waals surface area (Å²) in [7, 11) is -1.37. The van der Waals surface area contributed by atoms with Crippen LogP contribution >= 0.6 is 0 Å². The van der Waals surface area contributed by atoms with Gasteiger partial charge < -0.3 is 14.2 Å². The summed E-state index contributed by atoms with van der Waals surface area (Å²) in [4.78, 5) is 11.8.